The van der Waals surface area contributed by atoms with Crippen LogP contribution in [0.15, 0.2) is 59.5 Å². The summed E-state index contributed by atoms with van der Waals surface area (Å²) in [5.74, 6) is 0.774. The maximum absolute atomic E-state index is 12.7. The van der Waals surface area contributed by atoms with Gasteiger partial charge in [-0.25, -0.2) is 0 Å². The lowest BCUT2D eigenvalue weighted by Crippen LogP contribution is -2.20. The molecular weight excluding hydrogens is 300 g/mol. The van der Waals surface area contributed by atoms with Crippen LogP contribution in [0.5, 0.6) is 5.75 Å². The Kier molecular flexibility index (Phi) is 4.62. The molecule has 4 nitrogen and oxygen atoms in total. The minimum absolute atomic E-state index is 0.0673. The first-order valence-electron chi connectivity index (χ1n) is 7.97. The third-order valence-electron chi connectivity index (χ3n) is 3.90. The Morgan fingerprint density at radius 1 is 1.17 bits per heavy atom. The van der Waals surface area contributed by atoms with Crippen molar-refractivity contribution in [3.63, 3.8) is 0 Å². The van der Waals surface area contributed by atoms with Gasteiger partial charge in [0.15, 0.2) is 0 Å². The molecule has 4 heteroatoms. The Morgan fingerprint density at radius 3 is 2.79 bits per heavy atom. The molecule has 3 aromatic rings. The fraction of sp³-hybridized carbons (Fsp3) is 0.200. The summed E-state index contributed by atoms with van der Waals surface area (Å²) in [5.41, 5.74) is 1.36. The van der Waals surface area contributed by atoms with Gasteiger partial charge in [0.2, 0.25) is 0 Å². The lowest BCUT2D eigenvalue weighted by Gasteiger charge is -2.10. The maximum atomic E-state index is 12.7. The van der Waals surface area contributed by atoms with Gasteiger partial charge in [-0.2, -0.15) is 5.26 Å². The highest BCUT2D eigenvalue weighted by Crippen LogP contribution is 2.19. The number of aromatic nitrogens is 1. The molecule has 3 rings (SSSR count). The predicted molar refractivity (Wildman–Crippen MR) is 94.3 cm³/mol. The number of ether oxygens (including phenoxy) is 1. The van der Waals surface area contributed by atoms with E-state index in [9.17, 15) is 10.1 Å². The molecule has 0 atom stereocenters. The summed E-state index contributed by atoms with van der Waals surface area (Å²) in [4.78, 5) is 12.7. The fourth-order valence-corrected chi connectivity index (χ4v) is 2.65. The van der Waals surface area contributed by atoms with Gasteiger partial charge in [-0.05, 0) is 47.7 Å². The Balaban J connectivity index is 1.97. The van der Waals surface area contributed by atoms with Gasteiger partial charge in [-0.15, -0.1) is 0 Å². The van der Waals surface area contributed by atoms with Gasteiger partial charge in [-0.1, -0.05) is 25.1 Å². The van der Waals surface area contributed by atoms with Crippen molar-refractivity contribution in [2.24, 2.45) is 0 Å². The normalized spacial score (nSPS) is 10.5. The Labute approximate surface area is 140 Å². The highest BCUT2D eigenvalue weighted by atomic mass is 16.5. The molecule has 0 aliphatic heterocycles. The molecule has 120 valence electrons. The van der Waals surface area contributed by atoms with Gasteiger partial charge >= 0.3 is 0 Å². The van der Waals surface area contributed by atoms with Crippen LogP contribution in [-0.4, -0.2) is 11.2 Å². The van der Waals surface area contributed by atoms with Crippen LogP contribution in [0.3, 0.4) is 0 Å². The highest BCUT2D eigenvalue weighted by molar-refractivity contribution is 5.82. The molecule has 0 fully saturated rings. The van der Waals surface area contributed by atoms with Crippen LogP contribution in [-0.2, 0) is 6.54 Å². The van der Waals surface area contributed by atoms with Gasteiger partial charge in [0.1, 0.15) is 5.75 Å². The Hall–Kier alpha value is -3.06. The van der Waals surface area contributed by atoms with E-state index in [0.29, 0.717) is 24.1 Å². The highest BCUT2D eigenvalue weighted by Gasteiger charge is 2.07. The third kappa shape index (κ3) is 3.16. The zero-order chi connectivity index (χ0) is 16.9. The van der Waals surface area contributed by atoms with E-state index in [2.05, 4.69) is 13.0 Å². The summed E-state index contributed by atoms with van der Waals surface area (Å²) >= 11 is 0. The van der Waals surface area contributed by atoms with Crippen LogP contribution in [0.4, 0.5) is 0 Å². The molecule has 0 radical (unpaired) electrons. The molecule has 0 aliphatic rings. The number of pyridine rings is 1. The third-order valence-corrected chi connectivity index (χ3v) is 3.90. The first-order chi connectivity index (χ1) is 11.7. The number of benzene rings is 2. The molecule has 0 bridgehead atoms. The molecular formula is C20H18N2O2. The van der Waals surface area contributed by atoms with Gasteiger partial charge < -0.3 is 9.30 Å². The van der Waals surface area contributed by atoms with Crippen LogP contribution in [0, 0.1) is 11.3 Å². The molecule has 0 amide bonds. The first kappa shape index (κ1) is 15.8. The number of hydrogen-bond donors (Lipinski definition) is 0. The molecule has 2 aromatic carbocycles. The van der Waals surface area contributed by atoms with Crippen molar-refractivity contribution in [1.29, 1.82) is 5.26 Å². The minimum Gasteiger partial charge on any atom is -0.494 e. The molecule has 0 spiro atoms. The second-order valence-electron chi connectivity index (χ2n) is 5.62. The van der Waals surface area contributed by atoms with E-state index in [1.807, 2.05) is 36.4 Å². The molecule has 1 heterocycles. The van der Waals surface area contributed by atoms with Gasteiger partial charge in [0.05, 0.1) is 24.8 Å². The topological polar surface area (TPSA) is 55.0 Å². The average Bonchev–Trinajstić information content (AvgIpc) is 2.62. The van der Waals surface area contributed by atoms with E-state index >= 15 is 0 Å². The SMILES string of the molecule is CCCOc1ccc2c(=O)n(Cc3ccccc3C#N)ccc2c1. The number of nitrogens with zero attached hydrogens (tertiary/aromatic N) is 2. The summed E-state index contributed by atoms with van der Waals surface area (Å²) in [5, 5.41) is 10.7. The zero-order valence-electron chi connectivity index (χ0n) is 13.5. The summed E-state index contributed by atoms with van der Waals surface area (Å²) in [6.07, 6.45) is 2.71. The molecule has 0 N–H and O–H groups in total. The van der Waals surface area contributed by atoms with Crippen LogP contribution >= 0.6 is 0 Å². The molecule has 1 aromatic heterocycles. The van der Waals surface area contributed by atoms with E-state index in [-0.39, 0.29) is 5.56 Å². The van der Waals surface area contributed by atoms with Crippen LogP contribution in [0.1, 0.15) is 24.5 Å². The summed E-state index contributed by atoms with van der Waals surface area (Å²) < 4.78 is 7.24. The van der Waals surface area contributed by atoms with E-state index in [1.54, 1.807) is 22.9 Å². The minimum atomic E-state index is -0.0673. The molecule has 0 saturated carbocycles. The zero-order valence-corrected chi connectivity index (χ0v) is 13.5. The lowest BCUT2D eigenvalue weighted by molar-refractivity contribution is 0.318. The summed E-state index contributed by atoms with van der Waals surface area (Å²) in [6, 6.07) is 16.9. The lowest BCUT2D eigenvalue weighted by atomic mass is 10.1. The van der Waals surface area contributed by atoms with Crippen LogP contribution < -0.4 is 10.3 Å². The van der Waals surface area contributed by atoms with E-state index in [0.717, 1.165) is 23.1 Å². The van der Waals surface area contributed by atoms with E-state index in [4.69, 9.17) is 4.74 Å². The monoisotopic (exact) mass is 318 g/mol. The van der Waals surface area contributed by atoms with E-state index < -0.39 is 0 Å². The number of hydrogen-bond acceptors (Lipinski definition) is 3. The van der Waals surface area contributed by atoms with Crippen molar-refractivity contribution in [1.82, 2.24) is 4.57 Å². The second-order valence-corrected chi connectivity index (χ2v) is 5.62. The Bertz CT molecular complexity index is 967. The molecule has 24 heavy (non-hydrogen) atoms. The number of fused-ring (bicyclic) bond motifs is 1. The van der Waals surface area contributed by atoms with Crippen molar-refractivity contribution >= 4 is 10.8 Å². The largest absolute Gasteiger partial charge is 0.494 e. The van der Waals surface area contributed by atoms with E-state index in [1.165, 1.54) is 0 Å². The fourth-order valence-electron chi connectivity index (χ4n) is 2.65. The number of nitriles is 1. The molecule has 0 unspecified atom stereocenters. The second kappa shape index (κ2) is 7.01. The standard InChI is InChI=1S/C20H18N2O2/c1-2-11-24-18-7-8-19-15(12-18)9-10-22(20(19)23)14-17-6-4-3-5-16(17)13-21/h3-10,12H,2,11,14H2,1H3. The van der Waals surface area contributed by atoms with Gasteiger partial charge in [0.25, 0.3) is 5.56 Å². The predicted octanol–water partition coefficient (Wildman–Crippen LogP) is 3.71. The van der Waals surface area contributed by atoms with Crippen molar-refractivity contribution < 1.29 is 4.74 Å². The summed E-state index contributed by atoms with van der Waals surface area (Å²) in [7, 11) is 0. The van der Waals surface area contributed by atoms with Crippen molar-refractivity contribution in [2.75, 3.05) is 6.61 Å². The smallest absolute Gasteiger partial charge is 0.258 e. The van der Waals surface area contributed by atoms with Crippen LogP contribution in [0.25, 0.3) is 10.8 Å². The van der Waals surface area contributed by atoms with Crippen molar-refractivity contribution in [2.45, 2.75) is 19.9 Å². The average molecular weight is 318 g/mol. The quantitative estimate of drug-likeness (QED) is 0.720. The van der Waals surface area contributed by atoms with Crippen LogP contribution in [0.2, 0.25) is 0 Å². The van der Waals surface area contributed by atoms with Gasteiger partial charge in [0, 0.05) is 11.6 Å². The first-order valence-corrected chi connectivity index (χ1v) is 7.97. The molecule has 0 aliphatic carbocycles. The Morgan fingerprint density at radius 2 is 2.00 bits per heavy atom. The summed E-state index contributed by atoms with van der Waals surface area (Å²) in [6.45, 7) is 3.10. The maximum Gasteiger partial charge on any atom is 0.258 e. The van der Waals surface area contributed by atoms with Gasteiger partial charge in [-0.3, -0.25) is 4.79 Å². The molecule has 0 saturated heterocycles. The van der Waals surface area contributed by atoms with Crippen molar-refractivity contribution in [3.05, 3.63) is 76.2 Å². The number of rotatable bonds is 5. The van der Waals surface area contributed by atoms with Crippen molar-refractivity contribution in [3.8, 4) is 11.8 Å².